The summed E-state index contributed by atoms with van der Waals surface area (Å²) < 4.78 is 19.1. The van der Waals surface area contributed by atoms with Crippen molar-refractivity contribution in [3.05, 3.63) is 65.5 Å². The van der Waals surface area contributed by atoms with Gasteiger partial charge in [0.2, 0.25) is 0 Å². The molecule has 1 fully saturated rings. The molecule has 1 atom stereocenters. The highest BCUT2D eigenvalue weighted by atomic mass is 19.1. The van der Waals surface area contributed by atoms with Crippen molar-refractivity contribution in [2.75, 3.05) is 25.1 Å². The zero-order valence-electron chi connectivity index (χ0n) is 14.4. The fourth-order valence-corrected chi connectivity index (χ4v) is 3.21. The Kier molecular flexibility index (Phi) is 5.66. The summed E-state index contributed by atoms with van der Waals surface area (Å²) in [6.07, 6.45) is 1.82. The number of benzene rings is 2. The number of amides is 1. The number of halogens is 1. The number of carbonyl (C=O) groups excluding carboxylic acids is 1. The van der Waals surface area contributed by atoms with Crippen LogP contribution in [0.15, 0.2) is 48.5 Å². The van der Waals surface area contributed by atoms with Crippen LogP contribution >= 0.6 is 0 Å². The van der Waals surface area contributed by atoms with Crippen molar-refractivity contribution in [2.45, 2.75) is 25.5 Å². The minimum absolute atomic E-state index is 0.0134. The Bertz CT molecular complexity index is 718. The van der Waals surface area contributed by atoms with E-state index in [1.165, 1.54) is 6.07 Å². The molecule has 1 heterocycles. The lowest BCUT2D eigenvalue weighted by Crippen LogP contribution is -2.48. The van der Waals surface area contributed by atoms with E-state index >= 15 is 0 Å². The lowest BCUT2D eigenvalue weighted by atomic mass is 10.0. The van der Waals surface area contributed by atoms with Gasteiger partial charge in [-0.3, -0.25) is 4.79 Å². The number of ether oxygens (including phenoxy) is 1. The van der Waals surface area contributed by atoms with Crippen LogP contribution in [-0.2, 0) is 11.3 Å². The smallest absolute Gasteiger partial charge is 0.251 e. The Labute approximate surface area is 147 Å². The summed E-state index contributed by atoms with van der Waals surface area (Å²) in [7, 11) is 1.64. The maximum absolute atomic E-state index is 14.0. The second-order valence-electron chi connectivity index (χ2n) is 6.34. The topological polar surface area (TPSA) is 41.6 Å². The van der Waals surface area contributed by atoms with E-state index in [0.29, 0.717) is 24.4 Å². The van der Waals surface area contributed by atoms with Gasteiger partial charge >= 0.3 is 0 Å². The van der Waals surface area contributed by atoms with Gasteiger partial charge in [-0.15, -0.1) is 0 Å². The Morgan fingerprint density at radius 1 is 1.24 bits per heavy atom. The molecule has 25 heavy (non-hydrogen) atoms. The van der Waals surface area contributed by atoms with E-state index in [0.717, 1.165) is 24.9 Å². The van der Waals surface area contributed by atoms with E-state index in [1.54, 1.807) is 31.4 Å². The number of hydrogen-bond acceptors (Lipinski definition) is 3. The van der Waals surface area contributed by atoms with Gasteiger partial charge in [0.1, 0.15) is 5.82 Å². The standard InChI is InChI=1S/C20H23FN2O2/c1-25-14-15-8-10-16(11-9-15)20(24)22-17-5-4-12-23(13-17)19-7-3-2-6-18(19)21/h2-3,6-11,17H,4-5,12-14H2,1H3,(H,22,24). The first-order valence-corrected chi connectivity index (χ1v) is 8.55. The highest BCUT2D eigenvalue weighted by Crippen LogP contribution is 2.23. The van der Waals surface area contributed by atoms with Crippen molar-refractivity contribution in [2.24, 2.45) is 0 Å². The number of nitrogens with one attached hydrogen (secondary N) is 1. The predicted molar refractivity (Wildman–Crippen MR) is 96.3 cm³/mol. The summed E-state index contributed by atoms with van der Waals surface area (Å²) in [4.78, 5) is 14.5. The zero-order chi connectivity index (χ0) is 17.6. The maximum Gasteiger partial charge on any atom is 0.251 e. The van der Waals surface area contributed by atoms with E-state index in [1.807, 2.05) is 23.1 Å². The quantitative estimate of drug-likeness (QED) is 0.906. The predicted octanol–water partition coefficient (Wildman–Crippen LogP) is 3.37. The number of rotatable bonds is 5. The lowest BCUT2D eigenvalue weighted by Gasteiger charge is -2.35. The van der Waals surface area contributed by atoms with Gasteiger partial charge in [0.15, 0.2) is 0 Å². The Morgan fingerprint density at radius 3 is 2.72 bits per heavy atom. The number of carbonyl (C=O) groups is 1. The second-order valence-corrected chi connectivity index (χ2v) is 6.34. The van der Waals surface area contributed by atoms with E-state index in [9.17, 15) is 9.18 Å². The molecule has 4 nitrogen and oxygen atoms in total. The number of para-hydroxylation sites is 1. The average Bonchev–Trinajstić information content (AvgIpc) is 2.63. The highest BCUT2D eigenvalue weighted by molar-refractivity contribution is 5.94. The summed E-state index contributed by atoms with van der Waals surface area (Å²) in [5, 5.41) is 3.07. The number of methoxy groups -OCH3 is 1. The summed E-state index contributed by atoms with van der Waals surface area (Å²) in [5.41, 5.74) is 2.26. The maximum atomic E-state index is 14.0. The van der Waals surface area contributed by atoms with Crippen molar-refractivity contribution in [1.82, 2.24) is 5.32 Å². The van der Waals surface area contributed by atoms with E-state index in [2.05, 4.69) is 5.32 Å². The van der Waals surface area contributed by atoms with Gasteiger partial charge < -0.3 is 15.0 Å². The monoisotopic (exact) mass is 342 g/mol. The molecule has 0 bridgehead atoms. The van der Waals surface area contributed by atoms with Gasteiger partial charge in [0, 0.05) is 31.8 Å². The second kappa shape index (κ2) is 8.12. The van der Waals surface area contributed by atoms with Crippen molar-refractivity contribution >= 4 is 11.6 Å². The number of anilines is 1. The van der Waals surface area contributed by atoms with Gasteiger partial charge in [0.05, 0.1) is 12.3 Å². The molecule has 0 aliphatic carbocycles. The van der Waals surface area contributed by atoms with Crippen LogP contribution in [0, 0.1) is 5.82 Å². The first kappa shape index (κ1) is 17.4. The fraction of sp³-hybridized carbons (Fsp3) is 0.350. The van der Waals surface area contributed by atoms with Crippen molar-refractivity contribution in [3.63, 3.8) is 0 Å². The van der Waals surface area contributed by atoms with E-state index in [4.69, 9.17) is 4.74 Å². The van der Waals surface area contributed by atoms with Crippen LogP contribution in [0.4, 0.5) is 10.1 Å². The fourth-order valence-electron chi connectivity index (χ4n) is 3.21. The molecule has 1 aliphatic heterocycles. The average molecular weight is 342 g/mol. The normalized spacial score (nSPS) is 17.4. The molecular weight excluding hydrogens is 319 g/mol. The van der Waals surface area contributed by atoms with Crippen LogP contribution in [0.1, 0.15) is 28.8 Å². The molecule has 1 saturated heterocycles. The third kappa shape index (κ3) is 4.37. The Balaban J connectivity index is 1.62. The largest absolute Gasteiger partial charge is 0.380 e. The van der Waals surface area contributed by atoms with Gasteiger partial charge in [-0.2, -0.15) is 0 Å². The van der Waals surface area contributed by atoms with Crippen molar-refractivity contribution < 1.29 is 13.9 Å². The van der Waals surface area contributed by atoms with Gasteiger partial charge in [-0.25, -0.2) is 4.39 Å². The molecule has 1 amide bonds. The number of hydrogen-bond donors (Lipinski definition) is 1. The molecule has 2 aromatic carbocycles. The van der Waals surface area contributed by atoms with Gasteiger partial charge in [0.25, 0.3) is 5.91 Å². The van der Waals surface area contributed by atoms with Gasteiger partial charge in [-0.1, -0.05) is 24.3 Å². The first-order valence-electron chi connectivity index (χ1n) is 8.55. The third-order valence-corrected chi connectivity index (χ3v) is 4.48. The summed E-state index contributed by atoms with van der Waals surface area (Å²) in [6.45, 7) is 1.95. The Morgan fingerprint density at radius 2 is 2.00 bits per heavy atom. The molecule has 1 aliphatic rings. The molecular formula is C20H23FN2O2. The third-order valence-electron chi connectivity index (χ3n) is 4.48. The summed E-state index contributed by atoms with van der Waals surface area (Å²) >= 11 is 0. The molecule has 132 valence electrons. The molecule has 1 N–H and O–H groups in total. The number of nitrogens with zero attached hydrogens (tertiary/aromatic N) is 1. The molecule has 5 heteroatoms. The van der Waals surface area contributed by atoms with Crippen molar-refractivity contribution in [3.8, 4) is 0 Å². The lowest BCUT2D eigenvalue weighted by molar-refractivity contribution is 0.0933. The molecule has 1 unspecified atom stereocenters. The molecule has 0 spiro atoms. The molecule has 0 aromatic heterocycles. The van der Waals surface area contributed by atoms with Crippen molar-refractivity contribution in [1.29, 1.82) is 0 Å². The van der Waals surface area contributed by atoms with Crippen LogP contribution in [-0.4, -0.2) is 32.1 Å². The van der Waals surface area contributed by atoms with E-state index in [-0.39, 0.29) is 17.8 Å². The minimum atomic E-state index is -0.219. The minimum Gasteiger partial charge on any atom is -0.380 e. The molecule has 3 rings (SSSR count). The first-order chi connectivity index (χ1) is 12.2. The molecule has 0 saturated carbocycles. The van der Waals surface area contributed by atoms with Crippen LogP contribution in [0.3, 0.4) is 0 Å². The van der Waals surface area contributed by atoms with Gasteiger partial charge in [-0.05, 0) is 42.7 Å². The number of piperidine rings is 1. The summed E-state index contributed by atoms with van der Waals surface area (Å²) in [6, 6.07) is 14.2. The van der Waals surface area contributed by atoms with Crippen LogP contribution in [0.25, 0.3) is 0 Å². The van der Waals surface area contributed by atoms with Crippen LogP contribution in [0.5, 0.6) is 0 Å². The Hall–Kier alpha value is -2.40. The zero-order valence-corrected chi connectivity index (χ0v) is 14.4. The van der Waals surface area contributed by atoms with E-state index < -0.39 is 0 Å². The van der Waals surface area contributed by atoms with Crippen LogP contribution < -0.4 is 10.2 Å². The molecule has 0 radical (unpaired) electrons. The SMILES string of the molecule is COCc1ccc(C(=O)NC2CCCN(c3ccccc3F)C2)cc1. The summed E-state index contributed by atoms with van der Waals surface area (Å²) in [5.74, 6) is -0.312. The molecule has 2 aromatic rings. The van der Waals surface area contributed by atoms with Crippen LogP contribution in [0.2, 0.25) is 0 Å². The highest BCUT2D eigenvalue weighted by Gasteiger charge is 2.23.